The number of amides is 1. The highest BCUT2D eigenvalue weighted by Gasteiger charge is 2.53. The van der Waals surface area contributed by atoms with Gasteiger partial charge >= 0.3 is 5.97 Å². The highest BCUT2D eigenvalue weighted by molar-refractivity contribution is 5.74. The van der Waals surface area contributed by atoms with Crippen LogP contribution >= 0.6 is 0 Å². The molecule has 13 heteroatoms. The van der Waals surface area contributed by atoms with Gasteiger partial charge in [0.25, 0.3) is 0 Å². The van der Waals surface area contributed by atoms with Crippen molar-refractivity contribution in [2.45, 2.75) is 68.3 Å². The standard InChI is InChI=1S/C15H25NO12/c1-4(18)16-6-7(19)10(25-2)5(3-17)26-15(6)28-11-8(20)9(21)14(24)27-12(11)13(22)23/h5-12,14-15,17,19-21,24H,3H2,1-2H3,(H,16,18)(H,22,23)/t5-,6?,7-,8-,9-,10?,11?,12+,14+,15?/m1/s1. The second-order valence-corrected chi connectivity index (χ2v) is 6.51. The number of carbonyl (C=O) groups excluding carboxylic acids is 1. The Bertz CT molecular complexity index is 561. The molecule has 0 aromatic rings. The van der Waals surface area contributed by atoms with E-state index in [-0.39, 0.29) is 0 Å². The molecule has 0 bridgehead atoms. The van der Waals surface area contributed by atoms with Crippen molar-refractivity contribution in [2.24, 2.45) is 0 Å². The van der Waals surface area contributed by atoms with Crippen molar-refractivity contribution >= 4 is 11.9 Å². The number of carboxylic acids is 1. The first-order valence-electron chi connectivity index (χ1n) is 8.44. The van der Waals surface area contributed by atoms with Crippen LogP contribution in [0.2, 0.25) is 0 Å². The summed E-state index contributed by atoms with van der Waals surface area (Å²) < 4.78 is 20.8. The minimum atomic E-state index is -1.97. The summed E-state index contributed by atoms with van der Waals surface area (Å²) in [6.07, 6.45) is -14.5. The lowest BCUT2D eigenvalue weighted by Gasteiger charge is -2.46. The zero-order chi connectivity index (χ0) is 21.2. The molecule has 0 saturated carbocycles. The number of carboxylic acid groups (broad SMARTS) is 1. The van der Waals surface area contributed by atoms with Crippen LogP contribution in [0.25, 0.3) is 0 Å². The molecule has 0 aliphatic carbocycles. The number of hydrogen-bond donors (Lipinski definition) is 7. The number of hydrogen-bond acceptors (Lipinski definition) is 11. The number of nitrogens with one attached hydrogen (secondary N) is 1. The van der Waals surface area contributed by atoms with Crippen LogP contribution in [0.15, 0.2) is 0 Å². The van der Waals surface area contributed by atoms with Crippen LogP contribution in [0.5, 0.6) is 0 Å². The highest BCUT2D eigenvalue weighted by atomic mass is 16.7. The topological polar surface area (TPSA) is 204 Å². The second kappa shape index (κ2) is 9.39. The number of methoxy groups -OCH3 is 1. The van der Waals surface area contributed by atoms with E-state index in [1.807, 2.05) is 0 Å². The molecule has 2 aliphatic heterocycles. The van der Waals surface area contributed by atoms with Crippen molar-refractivity contribution < 1.29 is 59.2 Å². The van der Waals surface area contributed by atoms with E-state index in [1.165, 1.54) is 7.11 Å². The number of ether oxygens (including phenoxy) is 4. The van der Waals surface area contributed by atoms with Gasteiger partial charge in [-0.3, -0.25) is 4.79 Å². The summed E-state index contributed by atoms with van der Waals surface area (Å²) in [6.45, 7) is 0.554. The fourth-order valence-corrected chi connectivity index (χ4v) is 3.22. The molecule has 2 rings (SSSR count). The van der Waals surface area contributed by atoms with Gasteiger partial charge in [-0.2, -0.15) is 0 Å². The van der Waals surface area contributed by atoms with Gasteiger partial charge in [0.15, 0.2) is 18.7 Å². The maximum Gasteiger partial charge on any atom is 0.335 e. The summed E-state index contributed by atoms with van der Waals surface area (Å²) in [6, 6.07) is -1.27. The van der Waals surface area contributed by atoms with E-state index in [9.17, 15) is 40.2 Å². The maximum atomic E-state index is 11.5. The van der Waals surface area contributed by atoms with Crippen LogP contribution in [0, 0.1) is 0 Å². The highest BCUT2D eigenvalue weighted by Crippen LogP contribution is 2.29. The van der Waals surface area contributed by atoms with Crippen LogP contribution in [-0.4, -0.2) is 118 Å². The Hall–Kier alpha value is -1.42. The molecule has 162 valence electrons. The van der Waals surface area contributed by atoms with Gasteiger partial charge in [-0.25, -0.2) is 4.79 Å². The Labute approximate surface area is 159 Å². The molecule has 2 heterocycles. The van der Waals surface area contributed by atoms with E-state index in [0.717, 1.165) is 6.92 Å². The third-order valence-electron chi connectivity index (χ3n) is 4.59. The molecule has 0 aromatic heterocycles. The lowest BCUT2D eigenvalue weighted by atomic mass is 9.95. The van der Waals surface area contributed by atoms with Crippen molar-refractivity contribution in [2.75, 3.05) is 13.7 Å². The van der Waals surface area contributed by atoms with Gasteiger partial charge in [0, 0.05) is 14.0 Å². The van der Waals surface area contributed by atoms with Crippen molar-refractivity contribution in [3.8, 4) is 0 Å². The summed E-state index contributed by atoms with van der Waals surface area (Å²) in [5, 5.41) is 61.1. The third kappa shape index (κ3) is 4.59. The summed E-state index contributed by atoms with van der Waals surface area (Å²) in [4.78, 5) is 22.9. The van der Waals surface area contributed by atoms with E-state index < -0.39 is 79.8 Å². The third-order valence-corrected chi connectivity index (χ3v) is 4.59. The molecule has 0 spiro atoms. The van der Waals surface area contributed by atoms with Gasteiger partial charge < -0.3 is 54.9 Å². The first kappa shape index (κ1) is 22.9. The second-order valence-electron chi connectivity index (χ2n) is 6.51. The predicted molar refractivity (Wildman–Crippen MR) is 85.6 cm³/mol. The van der Waals surface area contributed by atoms with Crippen LogP contribution in [0.3, 0.4) is 0 Å². The Balaban J connectivity index is 2.30. The largest absolute Gasteiger partial charge is 0.479 e. The molecule has 7 N–H and O–H groups in total. The molecule has 1 amide bonds. The molecule has 28 heavy (non-hydrogen) atoms. The Kier molecular flexibility index (Phi) is 7.66. The summed E-state index contributed by atoms with van der Waals surface area (Å²) in [7, 11) is 1.25. The van der Waals surface area contributed by atoms with E-state index in [1.54, 1.807) is 0 Å². The average Bonchev–Trinajstić information content (AvgIpc) is 2.63. The summed E-state index contributed by atoms with van der Waals surface area (Å²) >= 11 is 0. The van der Waals surface area contributed by atoms with Crippen molar-refractivity contribution in [1.29, 1.82) is 0 Å². The Morgan fingerprint density at radius 2 is 1.68 bits per heavy atom. The van der Waals surface area contributed by atoms with Crippen LogP contribution in [-0.2, 0) is 28.5 Å². The van der Waals surface area contributed by atoms with Gasteiger partial charge in [0.2, 0.25) is 5.91 Å². The van der Waals surface area contributed by atoms with Crippen molar-refractivity contribution in [1.82, 2.24) is 5.32 Å². The molecule has 2 aliphatic rings. The number of aliphatic hydroxyl groups is 5. The summed E-state index contributed by atoms with van der Waals surface area (Å²) in [5.41, 5.74) is 0. The first-order chi connectivity index (χ1) is 13.1. The fraction of sp³-hybridized carbons (Fsp3) is 0.867. The van der Waals surface area contributed by atoms with E-state index in [4.69, 9.17) is 18.9 Å². The van der Waals surface area contributed by atoms with Gasteiger partial charge in [0.05, 0.1) is 6.61 Å². The molecule has 10 atom stereocenters. The van der Waals surface area contributed by atoms with E-state index in [2.05, 4.69) is 5.32 Å². The van der Waals surface area contributed by atoms with Gasteiger partial charge in [-0.05, 0) is 0 Å². The number of aliphatic hydroxyl groups excluding tert-OH is 5. The monoisotopic (exact) mass is 411 g/mol. The molecular formula is C15H25NO12. The molecule has 4 unspecified atom stereocenters. The van der Waals surface area contributed by atoms with Crippen molar-refractivity contribution in [3.63, 3.8) is 0 Å². The Morgan fingerprint density at radius 3 is 2.18 bits per heavy atom. The lowest BCUT2D eigenvalue weighted by molar-refractivity contribution is -0.336. The molecule has 0 radical (unpaired) electrons. The summed E-state index contributed by atoms with van der Waals surface area (Å²) in [5.74, 6) is -2.18. The molecule has 2 saturated heterocycles. The molecule has 13 nitrogen and oxygen atoms in total. The normalized spacial score (nSPS) is 44.1. The predicted octanol–water partition coefficient (Wildman–Crippen LogP) is -4.51. The number of rotatable bonds is 6. The van der Waals surface area contributed by atoms with Crippen molar-refractivity contribution in [3.05, 3.63) is 0 Å². The first-order valence-corrected chi connectivity index (χ1v) is 8.44. The van der Waals surface area contributed by atoms with E-state index >= 15 is 0 Å². The molecule has 0 aromatic carbocycles. The number of aliphatic carboxylic acids is 1. The SMILES string of the molecule is COC1[C@H](O)C(NC(C)=O)C(OC2[C@@H](C(=O)O)O[C@H](O)[C@H](O)[C@H]2O)O[C@@H]1CO. The fourth-order valence-electron chi connectivity index (χ4n) is 3.22. The lowest BCUT2D eigenvalue weighted by Crippen LogP contribution is -2.68. The molecule has 2 fully saturated rings. The zero-order valence-electron chi connectivity index (χ0n) is 15.1. The van der Waals surface area contributed by atoms with Gasteiger partial charge in [0.1, 0.15) is 42.7 Å². The zero-order valence-corrected chi connectivity index (χ0v) is 15.1. The van der Waals surface area contributed by atoms with E-state index in [0.29, 0.717) is 0 Å². The van der Waals surface area contributed by atoms with Crippen LogP contribution < -0.4 is 5.32 Å². The minimum Gasteiger partial charge on any atom is -0.479 e. The number of carbonyl (C=O) groups is 2. The smallest absolute Gasteiger partial charge is 0.335 e. The molecular weight excluding hydrogens is 386 g/mol. The van der Waals surface area contributed by atoms with Crippen LogP contribution in [0.1, 0.15) is 6.92 Å². The quantitative estimate of drug-likeness (QED) is 0.221. The van der Waals surface area contributed by atoms with Gasteiger partial charge in [-0.15, -0.1) is 0 Å². The Morgan fingerprint density at radius 1 is 1.04 bits per heavy atom. The maximum absolute atomic E-state index is 11.5. The van der Waals surface area contributed by atoms with Gasteiger partial charge in [-0.1, -0.05) is 0 Å². The average molecular weight is 411 g/mol. The minimum absolute atomic E-state index is 0.579. The van der Waals surface area contributed by atoms with Crippen LogP contribution in [0.4, 0.5) is 0 Å².